The molecule has 1 heterocycles. The third-order valence-electron chi connectivity index (χ3n) is 5.11. The van der Waals surface area contributed by atoms with E-state index in [-0.39, 0.29) is 11.6 Å². The molecule has 2 amide bonds. The molecular formula is C21H21ClF3N3O2. The van der Waals surface area contributed by atoms with Crippen LogP contribution in [0.1, 0.15) is 22.8 Å². The summed E-state index contributed by atoms with van der Waals surface area (Å²) < 4.78 is 39.4. The molecule has 1 aliphatic rings. The fraction of sp³-hybridized carbons (Fsp3) is 0.333. The molecule has 1 saturated heterocycles. The number of hydrogen-bond donors (Lipinski definition) is 1. The zero-order valence-electron chi connectivity index (χ0n) is 16.2. The number of amides is 2. The van der Waals surface area contributed by atoms with Gasteiger partial charge in [0, 0.05) is 36.8 Å². The zero-order chi connectivity index (χ0) is 21.9. The molecular weight excluding hydrogens is 419 g/mol. The summed E-state index contributed by atoms with van der Waals surface area (Å²) in [5.74, 6) is -0.647. The summed E-state index contributed by atoms with van der Waals surface area (Å²) >= 11 is 5.85. The van der Waals surface area contributed by atoms with Crippen molar-refractivity contribution in [2.24, 2.45) is 0 Å². The molecule has 0 aliphatic carbocycles. The molecule has 1 aliphatic heterocycles. The van der Waals surface area contributed by atoms with Crippen LogP contribution >= 0.6 is 11.6 Å². The lowest BCUT2D eigenvalue weighted by atomic mass is 10.1. The molecule has 160 valence electrons. The van der Waals surface area contributed by atoms with E-state index in [2.05, 4.69) is 5.32 Å². The van der Waals surface area contributed by atoms with Crippen molar-refractivity contribution in [3.8, 4) is 0 Å². The Balaban J connectivity index is 1.59. The second-order valence-corrected chi connectivity index (χ2v) is 7.48. The van der Waals surface area contributed by atoms with Crippen LogP contribution < -0.4 is 5.32 Å². The van der Waals surface area contributed by atoms with Crippen LogP contribution in [0.4, 0.5) is 18.9 Å². The molecule has 0 unspecified atom stereocenters. The summed E-state index contributed by atoms with van der Waals surface area (Å²) in [4.78, 5) is 28.6. The molecule has 0 saturated carbocycles. The first-order chi connectivity index (χ1) is 14.2. The lowest BCUT2D eigenvalue weighted by molar-refractivity contribution is -0.137. The predicted molar refractivity (Wildman–Crippen MR) is 108 cm³/mol. The number of carbonyl (C=O) groups excluding carboxylic acids is 2. The lowest BCUT2D eigenvalue weighted by Gasteiger charge is -2.37. The minimum absolute atomic E-state index is 0.123. The Bertz CT molecular complexity index is 910. The Morgan fingerprint density at radius 1 is 1.00 bits per heavy atom. The predicted octanol–water partition coefficient (Wildman–Crippen LogP) is 4.14. The van der Waals surface area contributed by atoms with Crippen molar-refractivity contribution in [3.63, 3.8) is 0 Å². The minimum Gasteiger partial charge on any atom is -0.336 e. The molecule has 30 heavy (non-hydrogen) atoms. The van der Waals surface area contributed by atoms with E-state index in [0.29, 0.717) is 36.8 Å². The van der Waals surface area contributed by atoms with Crippen LogP contribution in [0.3, 0.4) is 0 Å². The Kier molecular flexibility index (Phi) is 6.67. The van der Waals surface area contributed by atoms with Gasteiger partial charge in [0.05, 0.1) is 17.3 Å². The van der Waals surface area contributed by atoms with Crippen LogP contribution in [-0.2, 0) is 11.0 Å². The lowest BCUT2D eigenvalue weighted by Crippen LogP contribution is -2.54. The Hall–Kier alpha value is -2.58. The van der Waals surface area contributed by atoms with Gasteiger partial charge in [-0.25, -0.2) is 0 Å². The minimum atomic E-state index is -4.55. The first kappa shape index (κ1) is 22.1. The number of hydrogen-bond acceptors (Lipinski definition) is 3. The van der Waals surface area contributed by atoms with Crippen molar-refractivity contribution in [1.29, 1.82) is 0 Å². The van der Waals surface area contributed by atoms with Crippen molar-refractivity contribution < 1.29 is 22.8 Å². The van der Waals surface area contributed by atoms with Crippen molar-refractivity contribution in [2.45, 2.75) is 19.1 Å². The summed E-state index contributed by atoms with van der Waals surface area (Å²) in [6.07, 6.45) is -4.55. The largest absolute Gasteiger partial charge is 0.418 e. The highest BCUT2D eigenvalue weighted by Gasteiger charge is 2.34. The molecule has 0 aromatic heterocycles. The van der Waals surface area contributed by atoms with E-state index in [1.54, 1.807) is 36.1 Å². The summed E-state index contributed by atoms with van der Waals surface area (Å²) in [5.41, 5.74) is -0.621. The maximum Gasteiger partial charge on any atom is 0.418 e. The van der Waals surface area contributed by atoms with Crippen LogP contribution in [0, 0.1) is 0 Å². The molecule has 1 fully saturated rings. The Morgan fingerprint density at radius 2 is 1.60 bits per heavy atom. The maximum absolute atomic E-state index is 13.1. The van der Waals surface area contributed by atoms with Gasteiger partial charge in [-0.15, -0.1) is 0 Å². The van der Waals surface area contributed by atoms with E-state index in [0.717, 1.165) is 6.07 Å². The fourth-order valence-corrected chi connectivity index (χ4v) is 3.46. The van der Waals surface area contributed by atoms with E-state index < -0.39 is 23.7 Å². The monoisotopic (exact) mass is 439 g/mol. The van der Waals surface area contributed by atoms with Gasteiger partial charge >= 0.3 is 6.18 Å². The Morgan fingerprint density at radius 3 is 2.20 bits per heavy atom. The number of rotatable bonds is 4. The van der Waals surface area contributed by atoms with Crippen molar-refractivity contribution in [2.75, 3.05) is 31.5 Å². The molecule has 1 N–H and O–H groups in total. The average molecular weight is 440 g/mol. The van der Waals surface area contributed by atoms with Gasteiger partial charge in [-0.1, -0.05) is 23.7 Å². The average Bonchev–Trinajstić information content (AvgIpc) is 2.73. The van der Waals surface area contributed by atoms with Crippen LogP contribution in [0.25, 0.3) is 0 Å². The van der Waals surface area contributed by atoms with E-state index in [9.17, 15) is 22.8 Å². The van der Waals surface area contributed by atoms with Gasteiger partial charge in [-0.05, 0) is 43.3 Å². The number of alkyl halides is 3. The highest BCUT2D eigenvalue weighted by molar-refractivity contribution is 6.30. The van der Waals surface area contributed by atoms with Crippen LogP contribution in [0.2, 0.25) is 5.02 Å². The number of halogens is 4. The second-order valence-electron chi connectivity index (χ2n) is 7.04. The van der Waals surface area contributed by atoms with Crippen LogP contribution in [0.5, 0.6) is 0 Å². The number of anilines is 1. The highest BCUT2D eigenvalue weighted by atomic mass is 35.5. The molecule has 0 radical (unpaired) electrons. The van der Waals surface area contributed by atoms with Crippen molar-refractivity contribution in [3.05, 3.63) is 64.7 Å². The molecule has 0 spiro atoms. The van der Waals surface area contributed by atoms with E-state index in [1.807, 2.05) is 4.90 Å². The molecule has 5 nitrogen and oxygen atoms in total. The SMILES string of the molecule is C[C@H](C(=O)Nc1ccccc1C(F)(F)F)N1CCN(C(=O)c2ccc(Cl)cc2)CC1. The summed E-state index contributed by atoms with van der Waals surface area (Å²) in [6, 6.07) is 10.9. The normalized spacial score (nSPS) is 16.2. The first-order valence-electron chi connectivity index (χ1n) is 9.43. The Labute approximate surface area is 177 Å². The van der Waals surface area contributed by atoms with Gasteiger partial charge in [-0.2, -0.15) is 13.2 Å². The number of para-hydroxylation sites is 1. The van der Waals surface area contributed by atoms with E-state index >= 15 is 0 Å². The fourth-order valence-electron chi connectivity index (χ4n) is 3.33. The van der Waals surface area contributed by atoms with E-state index in [1.165, 1.54) is 18.2 Å². The molecule has 2 aromatic rings. The third kappa shape index (κ3) is 5.12. The molecule has 0 bridgehead atoms. The topological polar surface area (TPSA) is 52.7 Å². The van der Waals surface area contributed by atoms with Crippen LogP contribution in [0.15, 0.2) is 48.5 Å². The number of nitrogens with zero attached hydrogens (tertiary/aromatic N) is 2. The zero-order valence-corrected chi connectivity index (χ0v) is 17.0. The number of piperazine rings is 1. The smallest absolute Gasteiger partial charge is 0.336 e. The van der Waals surface area contributed by atoms with Gasteiger partial charge < -0.3 is 10.2 Å². The molecule has 3 rings (SSSR count). The summed E-state index contributed by atoms with van der Waals surface area (Å²) in [7, 11) is 0. The summed E-state index contributed by atoms with van der Waals surface area (Å²) in [5, 5.41) is 2.93. The molecule has 2 aromatic carbocycles. The quantitative estimate of drug-likeness (QED) is 0.779. The van der Waals surface area contributed by atoms with Gasteiger partial charge in [-0.3, -0.25) is 14.5 Å². The van der Waals surface area contributed by atoms with Crippen LogP contribution in [-0.4, -0.2) is 53.8 Å². The standard InChI is InChI=1S/C21H21ClF3N3O2/c1-14(19(29)26-18-5-3-2-4-17(18)21(23,24)25)27-10-12-28(13-11-27)20(30)15-6-8-16(22)9-7-15/h2-9,14H,10-13H2,1H3,(H,26,29)/t14-/m1/s1. The highest BCUT2D eigenvalue weighted by Crippen LogP contribution is 2.34. The first-order valence-corrected chi connectivity index (χ1v) is 9.80. The second kappa shape index (κ2) is 9.06. The van der Waals surface area contributed by atoms with E-state index in [4.69, 9.17) is 11.6 Å². The number of carbonyl (C=O) groups is 2. The number of benzene rings is 2. The summed E-state index contributed by atoms with van der Waals surface area (Å²) in [6.45, 7) is 3.35. The van der Waals surface area contributed by atoms with Crippen molar-refractivity contribution >= 4 is 29.1 Å². The van der Waals surface area contributed by atoms with Gasteiger partial charge in [0.2, 0.25) is 5.91 Å². The van der Waals surface area contributed by atoms with Gasteiger partial charge in [0.1, 0.15) is 0 Å². The number of nitrogens with one attached hydrogen (secondary N) is 1. The molecule has 9 heteroatoms. The van der Waals surface area contributed by atoms with Gasteiger partial charge in [0.25, 0.3) is 5.91 Å². The van der Waals surface area contributed by atoms with Crippen molar-refractivity contribution in [1.82, 2.24) is 9.80 Å². The third-order valence-corrected chi connectivity index (χ3v) is 5.36. The maximum atomic E-state index is 13.1. The van der Waals surface area contributed by atoms with Gasteiger partial charge in [0.15, 0.2) is 0 Å². The molecule has 1 atom stereocenters.